The molecule has 0 bridgehead atoms. The van der Waals surface area contributed by atoms with Gasteiger partial charge in [-0.3, -0.25) is 20.5 Å². The molecule has 0 spiro atoms. The van der Waals surface area contributed by atoms with Crippen LogP contribution in [0.15, 0.2) is 59.8 Å². The summed E-state index contributed by atoms with van der Waals surface area (Å²) >= 11 is 0. The first-order valence-corrected chi connectivity index (χ1v) is 7.13. The molecule has 1 heterocycles. The number of nitro groups is 1. The predicted molar refractivity (Wildman–Crippen MR) is 92.6 cm³/mol. The van der Waals surface area contributed by atoms with E-state index >= 15 is 0 Å². The smallest absolute Gasteiger partial charge is 0.270 e. The van der Waals surface area contributed by atoms with E-state index in [0.29, 0.717) is 5.56 Å². The lowest BCUT2D eigenvalue weighted by Crippen LogP contribution is -1.94. The minimum atomic E-state index is -0.436. The highest BCUT2D eigenvalue weighted by Crippen LogP contribution is 2.25. The second kappa shape index (κ2) is 6.74. The first-order valence-electron chi connectivity index (χ1n) is 7.13. The molecule has 24 heavy (non-hydrogen) atoms. The Kier molecular flexibility index (Phi) is 4.33. The lowest BCUT2D eigenvalue weighted by molar-refractivity contribution is -0.384. The molecule has 0 saturated heterocycles. The van der Waals surface area contributed by atoms with E-state index in [1.54, 1.807) is 31.5 Å². The molecule has 3 aromatic rings. The van der Waals surface area contributed by atoms with Gasteiger partial charge in [-0.1, -0.05) is 12.1 Å². The number of hydrogen-bond acceptors (Lipinski definition) is 6. The van der Waals surface area contributed by atoms with Crippen LogP contribution in [-0.2, 0) is 0 Å². The number of rotatable bonds is 5. The number of anilines is 1. The topological polar surface area (TPSA) is 89.6 Å². The van der Waals surface area contributed by atoms with Crippen molar-refractivity contribution >= 4 is 28.5 Å². The normalized spacial score (nSPS) is 10.9. The Hall–Kier alpha value is -3.48. The van der Waals surface area contributed by atoms with Gasteiger partial charge in [-0.25, -0.2) is 0 Å². The van der Waals surface area contributed by atoms with Crippen LogP contribution in [0.4, 0.5) is 11.4 Å². The van der Waals surface area contributed by atoms with E-state index in [-0.39, 0.29) is 5.69 Å². The SMILES string of the molecule is COc1ccc2c(N/N=C/c3cccc([N+](=O)[O-])c3)ccnc2c1. The number of benzene rings is 2. The number of hydrogen-bond donors (Lipinski definition) is 1. The van der Waals surface area contributed by atoms with Crippen molar-refractivity contribution in [2.45, 2.75) is 0 Å². The number of fused-ring (bicyclic) bond motifs is 1. The third kappa shape index (κ3) is 3.30. The highest BCUT2D eigenvalue weighted by molar-refractivity contribution is 5.92. The van der Waals surface area contributed by atoms with Gasteiger partial charge in [-0.15, -0.1) is 0 Å². The Morgan fingerprint density at radius 2 is 2.12 bits per heavy atom. The average Bonchev–Trinajstić information content (AvgIpc) is 2.61. The number of nitrogens with zero attached hydrogens (tertiary/aromatic N) is 3. The molecule has 7 heteroatoms. The Morgan fingerprint density at radius 3 is 2.92 bits per heavy atom. The lowest BCUT2D eigenvalue weighted by atomic mass is 10.2. The molecule has 0 fully saturated rings. The van der Waals surface area contributed by atoms with E-state index in [0.717, 1.165) is 22.3 Å². The van der Waals surface area contributed by atoms with Crippen LogP contribution in [0.2, 0.25) is 0 Å². The van der Waals surface area contributed by atoms with Gasteiger partial charge in [0.25, 0.3) is 5.69 Å². The van der Waals surface area contributed by atoms with E-state index in [1.165, 1.54) is 18.3 Å². The molecule has 0 radical (unpaired) electrons. The number of nitro benzene ring substituents is 1. The highest BCUT2D eigenvalue weighted by atomic mass is 16.6. The van der Waals surface area contributed by atoms with Crippen molar-refractivity contribution in [2.24, 2.45) is 5.10 Å². The van der Waals surface area contributed by atoms with Gasteiger partial charge in [0.15, 0.2) is 0 Å². The summed E-state index contributed by atoms with van der Waals surface area (Å²) in [6, 6.07) is 13.6. The summed E-state index contributed by atoms with van der Waals surface area (Å²) < 4.78 is 5.19. The van der Waals surface area contributed by atoms with Crippen LogP contribution in [0.1, 0.15) is 5.56 Å². The van der Waals surface area contributed by atoms with E-state index in [2.05, 4.69) is 15.5 Å². The first-order chi connectivity index (χ1) is 11.7. The van der Waals surface area contributed by atoms with Crippen LogP contribution in [0.25, 0.3) is 10.9 Å². The predicted octanol–water partition coefficient (Wildman–Crippen LogP) is 3.60. The van der Waals surface area contributed by atoms with Crippen LogP contribution < -0.4 is 10.2 Å². The van der Waals surface area contributed by atoms with Gasteiger partial charge in [-0.2, -0.15) is 5.10 Å². The first kappa shape index (κ1) is 15.4. The van der Waals surface area contributed by atoms with Crippen molar-refractivity contribution in [3.63, 3.8) is 0 Å². The van der Waals surface area contributed by atoms with Crippen molar-refractivity contribution in [3.8, 4) is 5.75 Å². The maximum atomic E-state index is 10.8. The van der Waals surface area contributed by atoms with Gasteiger partial charge in [0.05, 0.1) is 29.5 Å². The zero-order chi connectivity index (χ0) is 16.9. The van der Waals surface area contributed by atoms with Crippen LogP contribution >= 0.6 is 0 Å². The average molecular weight is 322 g/mol. The Labute approximate surface area is 137 Å². The summed E-state index contributed by atoms with van der Waals surface area (Å²) in [7, 11) is 1.60. The van der Waals surface area contributed by atoms with Crippen molar-refractivity contribution in [1.29, 1.82) is 0 Å². The molecule has 0 aliphatic heterocycles. The fourth-order valence-corrected chi connectivity index (χ4v) is 2.25. The second-order valence-electron chi connectivity index (χ2n) is 4.96. The molecule has 0 saturated carbocycles. The van der Waals surface area contributed by atoms with Crippen molar-refractivity contribution < 1.29 is 9.66 Å². The van der Waals surface area contributed by atoms with Crippen molar-refractivity contribution in [1.82, 2.24) is 4.98 Å². The van der Waals surface area contributed by atoms with E-state index in [1.807, 2.05) is 18.2 Å². The number of nitrogens with one attached hydrogen (secondary N) is 1. The molecule has 0 aliphatic rings. The monoisotopic (exact) mass is 322 g/mol. The molecule has 0 amide bonds. The zero-order valence-electron chi connectivity index (χ0n) is 12.8. The van der Waals surface area contributed by atoms with Crippen LogP contribution in [-0.4, -0.2) is 23.2 Å². The van der Waals surface area contributed by atoms with E-state index in [4.69, 9.17) is 4.74 Å². The largest absolute Gasteiger partial charge is 0.497 e. The highest BCUT2D eigenvalue weighted by Gasteiger charge is 2.05. The van der Waals surface area contributed by atoms with Crippen molar-refractivity contribution in [3.05, 3.63) is 70.4 Å². The molecule has 7 nitrogen and oxygen atoms in total. The number of non-ortho nitro benzene ring substituents is 1. The maximum Gasteiger partial charge on any atom is 0.270 e. The van der Waals surface area contributed by atoms with Gasteiger partial charge in [0, 0.05) is 35.3 Å². The molecule has 0 unspecified atom stereocenters. The summed E-state index contributed by atoms with van der Waals surface area (Å²) in [6.07, 6.45) is 3.20. The number of ether oxygens (including phenoxy) is 1. The van der Waals surface area contributed by atoms with Crippen LogP contribution in [0.5, 0.6) is 5.75 Å². The molecule has 1 N–H and O–H groups in total. The molecule has 120 valence electrons. The molecular weight excluding hydrogens is 308 g/mol. The third-order valence-corrected chi connectivity index (χ3v) is 3.43. The van der Waals surface area contributed by atoms with E-state index < -0.39 is 4.92 Å². The van der Waals surface area contributed by atoms with Gasteiger partial charge < -0.3 is 4.74 Å². The molecular formula is C17H14N4O3. The van der Waals surface area contributed by atoms with Crippen LogP contribution in [0.3, 0.4) is 0 Å². The Balaban J connectivity index is 1.83. The summed E-state index contributed by atoms with van der Waals surface area (Å²) in [4.78, 5) is 14.6. The summed E-state index contributed by atoms with van der Waals surface area (Å²) in [5, 5.41) is 15.8. The summed E-state index contributed by atoms with van der Waals surface area (Å²) in [6.45, 7) is 0. The fourth-order valence-electron chi connectivity index (χ4n) is 2.25. The second-order valence-corrected chi connectivity index (χ2v) is 4.96. The minimum absolute atomic E-state index is 0.0282. The summed E-state index contributed by atoms with van der Waals surface area (Å²) in [5.74, 6) is 0.729. The van der Waals surface area contributed by atoms with Gasteiger partial charge >= 0.3 is 0 Å². The number of methoxy groups -OCH3 is 1. The third-order valence-electron chi connectivity index (χ3n) is 3.43. The molecule has 3 rings (SSSR count). The number of aromatic nitrogens is 1. The molecule has 2 aromatic carbocycles. The van der Waals surface area contributed by atoms with Crippen molar-refractivity contribution in [2.75, 3.05) is 12.5 Å². The van der Waals surface area contributed by atoms with E-state index in [9.17, 15) is 10.1 Å². The van der Waals surface area contributed by atoms with Gasteiger partial charge in [-0.05, 0) is 18.2 Å². The fraction of sp³-hybridized carbons (Fsp3) is 0.0588. The maximum absolute atomic E-state index is 10.8. The zero-order valence-corrected chi connectivity index (χ0v) is 12.8. The Bertz CT molecular complexity index is 925. The minimum Gasteiger partial charge on any atom is -0.497 e. The molecule has 0 aliphatic carbocycles. The molecule has 1 aromatic heterocycles. The standard InChI is InChI=1S/C17H14N4O3/c1-24-14-5-6-15-16(7-8-18-17(15)10-14)20-19-11-12-3-2-4-13(9-12)21(22)23/h2-11H,1H3,(H,18,20)/b19-11+. The summed E-state index contributed by atoms with van der Waals surface area (Å²) in [5.41, 5.74) is 5.17. The Morgan fingerprint density at radius 1 is 1.25 bits per heavy atom. The number of pyridine rings is 1. The quantitative estimate of drug-likeness (QED) is 0.440. The van der Waals surface area contributed by atoms with Crippen LogP contribution in [0, 0.1) is 10.1 Å². The number of hydrazone groups is 1. The van der Waals surface area contributed by atoms with Gasteiger partial charge in [0.1, 0.15) is 5.75 Å². The lowest BCUT2D eigenvalue weighted by Gasteiger charge is -2.06. The van der Waals surface area contributed by atoms with Gasteiger partial charge in [0.2, 0.25) is 0 Å². The molecule has 0 atom stereocenters.